The fourth-order valence-electron chi connectivity index (χ4n) is 4.74. The molecule has 1 N–H and O–H groups in total. The van der Waals surface area contributed by atoms with E-state index >= 15 is 0 Å². The number of non-ortho nitro benzene ring substituents is 1. The van der Waals surface area contributed by atoms with Crippen LogP contribution in [0.1, 0.15) is 17.0 Å². The first-order chi connectivity index (χ1) is 19.5. The highest BCUT2D eigenvalue weighted by Crippen LogP contribution is 2.40. The number of benzene rings is 3. The number of nitrogens with zero attached hydrogens (tertiary/aromatic N) is 4. The summed E-state index contributed by atoms with van der Waals surface area (Å²) in [5.74, 6) is -0.142. The Balaban J connectivity index is 1.58. The van der Waals surface area contributed by atoms with Gasteiger partial charge in [-0.2, -0.15) is 0 Å². The number of sulfonamides is 1. The molecule has 2 aliphatic heterocycles. The number of carbonyl (C=O) groups is 1. The average molecular weight is 580 g/mol. The number of nitro benzene ring substituents is 1. The van der Waals surface area contributed by atoms with Crippen LogP contribution in [0.4, 0.5) is 22.7 Å². The third kappa shape index (κ3) is 6.00. The maximum absolute atomic E-state index is 13.3. The lowest BCUT2D eigenvalue weighted by Gasteiger charge is -2.24. The van der Waals surface area contributed by atoms with Gasteiger partial charge in [0.1, 0.15) is 19.1 Å². The van der Waals surface area contributed by atoms with E-state index in [1.807, 2.05) is 19.0 Å². The number of nitro groups is 1. The number of rotatable bonds is 9. The average Bonchev–Trinajstić information content (AvgIpc) is 3.26. The Hall–Kier alpha value is -4.49. The SMILES string of the molecule is CN(C)CCN(c1ccc(N=C(c2ccc3c(c2)OCCO3)C2C(=O)Nc3cc([N+](=O)[O-])ccc32)cc1)S(C)(=O)=O. The molecule has 0 bridgehead atoms. The maximum atomic E-state index is 13.3. The normalized spacial score (nSPS) is 16.3. The monoisotopic (exact) mass is 579 g/mol. The lowest BCUT2D eigenvalue weighted by molar-refractivity contribution is -0.384. The highest BCUT2D eigenvalue weighted by Gasteiger charge is 2.37. The number of fused-ring (bicyclic) bond motifs is 2. The Morgan fingerprint density at radius 3 is 2.39 bits per heavy atom. The van der Waals surface area contributed by atoms with Crippen LogP contribution in [-0.2, 0) is 14.8 Å². The minimum Gasteiger partial charge on any atom is -0.486 e. The molecule has 12 nitrogen and oxygen atoms in total. The Kier molecular flexibility index (Phi) is 7.65. The molecule has 5 rings (SSSR count). The second kappa shape index (κ2) is 11.2. The minimum atomic E-state index is -3.52. The molecule has 1 atom stereocenters. The van der Waals surface area contributed by atoms with Gasteiger partial charge in [0.15, 0.2) is 11.5 Å². The van der Waals surface area contributed by atoms with Gasteiger partial charge in [0.05, 0.1) is 34.0 Å². The molecular weight excluding hydrogens is 550 g/mol. The van der Waals surface area contributed by atoms with E-state index in [1.54, 1.807) is 48.5 Å². The molecule has 1 amide bonds. The number of nitrogens with one attached hydrogen (secondary N) is 1. The van der Waals surface area contributed by atoms with E-state index in [4.69, 9.17) is 14.5 Å². The van der Waals surface area contributed by atoms with Crippen molar-refractivity contribution in [2.24, 2.45) is 4.99 Å². The predicted molar refractivity (Wildman–Crippen MR) is 155 cm³/mol. The van der Waals surface area contributed by atoms with Crippen molar-refractivity contribution in [1.82, 2.24) is 4.90 Å². The quantitative estimate of drug-likeness (QED) is 0.230. The van der Waals surface area contributed by atoms with Crippen LogP contribution in [0.5, 0.6) is 11.5 Å². The van der Waals surface area contributed by atoms with Crippen LogP contribution in [-0.4, -0.2) is 76.5 Å². The summed E-state index contributed by atoms with van der Waals surface area (Å²) in [7, 11) is 0.216. The zero-order chi connectivity index (χ0) is 29.3. The Labute approximate surface area is 237 Å². The van der Waals surface area contributed by atoms with Gasteiger partial charge >= 0.3 is 0 Å². The van der Waals surface area contributed by atoms with Crippen LogP contribution < -0.4 is 19.1 Å². The number of carbonyl (C=O) groups excluding carboxylic acids is 1. The first-order valence-electron chi connectivity index (χ1n) is 12.8. The fraction of sp³-hybridized carbons (Fsp3) is 0.286. The van der Waals surface area contributed by atoms with Crippen LogP contribution in [0.15, 0.2) is 65.7 Å². The molecule has 3 aromatic carbocycles. The van der Waals surface area contributed by atoms with Crippen molar-refractivity contribution in [3.8, 4) is 11.5 Å². The van der Waals surface area contributed by atoms with Crippen LogP contribution in [0, 0.1) is 10.1 Å². The maximum Gasteiger partial charge on any atom is 0.271 e. The predicted octanol–water partition coefficient (Wildman–Crippen LogP) is 3.55. The molecule has 13 heteroatoms. The van der Waals surface area contributed by atoms with Crippen molar-refractivity contribution in [2.45, 2.75) is 5.92 Å². The van der Waals surface area contributed by atoms with Gasteiger partial charge in [-0.05, 0) is 68.2 Å². The lowest BCUT2D eigenvalue weighted by atomic mass is 9.90. The second-order valence-corrected chi connectivity index (χ2v) is 11.9. The Morgan fingerprint density at radius 2 is 1.73 bits per heavy atom. The van der Waals surface area contributed by atoms with E-state index in [2.05, 4.69) is 5.32 Å². The topological polar surface area (TPSA) is 144 Å². The molecule has 41 heavy (non-hydrogen) atoms. The molecule has 2 aliphatic rings. The summed E-state index contributed by atoms with van der Waals surface area (Å²) in [4.78, 5) is 30.8. The van der Waals surface area contributed by atoms with Crippen LogP contribution in [0.3, 0.4) is 0 Å². The van der Waals surface area contributed by atoms with E-state index in [-0.39, 0.29) is 18.1 Å². The van der Waals surface area contributed by atoms with Gasteiger partial charge in [0, 0.05) is 30.8 Å². The molecular formula is C28H29N5O7S. The van der Waals surface area contributed by atoms with Gasteiger partial charge in [-0.1, -0.05) is 0 Å². The number of likely N-dealkylation sites (N-methyl/N-ethyl adjacent to an activating group) is 1. The van der Waals surface area contributed by atoms with E-state index in [0.29, 0.717) is 65.2 Å². The van der Waals surface area contributed by atoms with Gasteiger partial charge in [0.2, 0.25) is 15.9 Å². The number of aliphatic imine (C=N–C) groups is 1. The van der Waals surface area contributed by atoms with Gasteiger partial charge < -0.3 is 19.7 Å². The molecule has 0 saturated carbocycles. The molecule has 2 heterocycles. The molecule has 214 valence electrons. The molecule has 3 aromatic rings. The van der Waals surface area contributed by atoms with Crippen molar-refractivity contribution < 1.29 is 27.6 Å². The summed E-state index contributed by atoms with van der Waals surface area (Å²) in [6, 6.07) is 16.2. The van der Waals surface area contributed by atoms with Crippen LogP contribution in [0.25, 0.3) is 0 Å². The number of amides is 1. The number of hydrogen-bond acceptors (Lipinski definition) is 9. The van der Waals surface area contributed by atoms with Crippen molar-refractivity contribution in [2.75, 3.05) is 56.3 Å². The highest BCUT2D eigenvalue weighted by atomic mass is 32.2. The lowest BCUT2D eigenvalue weighted by Crippen LogP contribution is -2.35. The molecule has 1 unspecified atom stereocenters. The zero-order valence-electron chi connectivity index (χ0n) is 22.7. The molecule has 0 aromatic heterocycles. The van der Waals surface area contributed by atoms with Crippen molar-refractivity contribution in [3.05, 3.63) is 81.9 Å². The highest BCUT2D eigenvalue weighted by molar-refractivity contribution is 7.92. The van der Waals surface area contributed by atoms with E-state index < -0.39 is 20.9 Å². The van der Waals surface area contributed by atoms with Gasteiger partial charge in [-0.15, -0.1) is 0 Å². The molecule has 0 aliphatic carbocycles. The number of anilines is 2. The van der Waals surface area contributed by atoms with Gasteiger partial charge in [-0.3, -0.25) is 24.2 Å². The smallest absolute Gasteiger partial charge is 0.271 e. The number of ether oxygens (including phenoxy) is 2. The summed E-state index contributed by atoms with van der Waals surface area (Å²) in [5.41, 5.74) is 2.74. The fourth-order valence-corrected chi connectivity index (χ4v) is 5.66. The van der Waals surface area contributed by atoms with E-state index in [1.165, 1.54) is 16.4 Å². The summed E-state index contributed by atoms with van der Waals surface area (Å²) in [5, 5.41) is 14.1. The van der Waals surface area contributed by atoms with Crippen LogP contribution in [0.2, 0.25) is 0 Å². The molecule has 0 fully saturated rings. The van der Waals surface area contributed by atoms with Gasteiger partial charge in [-0.25, -0.2) is 8.42 Å². The summed E-state index contributed by atoms with van der Waals surface area (Å²) < 4.78 is 37.7. The zero-order valence-corrected chi connectivity index (χ0v) is 23.6. The largest absolute Gasteiger partial charge is 0.486 e. The summed E-state index contributed by atoms with van der Waals surface area (Å²) in [6.07, 6.45) is 1.16. The summed E-state index contributed by atoms with van der Waals surface area (Å²) >= 11 is 0. The van der Waals surface area contributed by atoms with Crippen LogP contribution >= 0.6 is 0 Å². The molecule has 0 spiro atoms. The molecule has 0 radical (unpaired) electrons. The minimum absolute atomic E-state index is 0.136. The standard InChI is InChI=1S/C28H29N5O7S/c1-31(2)12-13-32(41(3,37)38)20-7-5-19(6-8-20)29-27(18-4-11-24-25(16-18)40-15-14-39-24)26-22-10-9-21(33(35)36)17-23(22)30-28(26)34/h4-11,16-17,26H,12-15H2,1-3H3,(H,30,34). The van der Waals surface area contributed by atoms with Crippen molar-refractivity contribution in [1.29, 1.82) is 0 Å². The van der Waals surface area contributed by atoms with E-state index in [9.17, 15) is 23.3 Å². The Bertz CT molecular complexity index is 1640. The van der Waals surface area contributed by atoms with Crippen molar-refractivity contribution in [3.63, 3.8) is 0 Å². The van der Waals surface area contributed by atoms with E-state index in [0.717, 1.165) is 6.26 Å². The summed E-state index contributed by atoms with van der Waals surface area (Å²) in [6.45, 7) is 1.62. The second-order valence-electron chi connectivity index (χ2n) is 9.96. The third-order valence-corrected chi connectivity index (χ3v) is 7.92. The third-order valence-electron chi connectivity index (χ3n) is 6.73. The van der Waals surface area contributed by atoms with Crippen molar-refractivity contribution >= 4 is 44.4 Å². The first-order valence-corrected chi connectivity index (χ1v) is 14.7. The first kappa shape index (κ1) is 28.1. The number of hydrogen-bond donors (Lipinski definition) is 1. The Morgan fingerprint density at radius 1 is 1.02 bits per heavy atom. The van der Waals surface area contributed by atoms with Gasteiger partial charge in [0.25, 0.3) is 5.69 Å². The molecule has 0 saturated heterocycles.